The van der Waals surface area contributed by atoms with E-state index in [4.69, 9.17) is 0 Å². The van der Waals surface area contributed by atoms with E-state index in [1.807, 2.05) is 18.7 Å². The molecule has 0 atom stereocenters. The third-order valence-electron chi connectivity index (χ3n) is 3.50. The smallest absolute Gasteiger partial charge is 0.145 e. The van der Waals surface area contributed by atoms with Gasteiger partial charge in [-0.1, -0.05) is 0 Å². The molecule has 5 heteroatoms. The quantitative estimate of drug-likeness (QED) is 0.859. The summed E-state index contributed by atoms with van der Waals surface area (Å²) in [6.07, 6.45) is 2.42. The van der Waals surface area contributed by atoms with Crippen molar-refractivity contribution in [2.24, 2.45) is 7.05 Å². The molecule has 1 aliphatic carbocycles. The monoisotopic (exact) mass is 272 g/mol. The van der Waals surface area contributed by atoms with E-state index in [9.17, 15) is 5.26 Å². The maximum Gasteiger partial charge on any atom is 0.145 e. The van der Waals surface area contributed by atoms with Gasteiger partial charge in [0.25, 0.3) is 0 Å². The van der Waals surface area contributed by atoms with Gasteiger partial charge in [-0.05, 0) is 42.2 Å². The average Bonchev–Trinajstić information content (AvgIpc) is 3.02. The van der Waals surface area contributed by atoms with Crippen LogP contribution in [0.5, 0.6) is 0 Å². The van der Waals surface area contributed by atoms with Crippen LogP contribution >= 0.6 is 11.3 Å². The van der Waals surface area contributed by atoms with Crippen molar-refractivity contribution in [3.63, 3.8) is 0 Å². The Morgan fingerprint density at radius 1 is 1.58 bits per heavy atom. The first kappa shape index (κ1) is 12.2. The van der Waals surface area contributed by atoms with Crippen molar-refractivity contribution < 1.29 is 0 Å². The predicted molar refractivity (Wildman–Crippen MR) is 76.2 cm³/mol. The molecule has 3 rings (SSSR count). The molecule has 0 aromatic carbocycles. The first-order chi connectivity index (χ1) is 9.20. The summed E-state index contributed by atoms with van der Waals surface area (Å²) in [5.74, 6) is 0.966. The summed E-state index contributed by atoms with van der Waals surface area (Å²) in [6.45, 7) is 2.76. The van der Waals surface area contributed by atoms with Crippen LogP contribution in [0.2, 0.25) is 0 Å². The van der Waals surface area contributed by atoms with Crippen LogP contribution in [-0.4, -0.2) is 15.8 Å². The Labute approximate surface area is 116 Å². The molecule has 98 valence electrons. The lowest BCUT2D eigenvalue weighted by atomic mass is 10.2. The molecule has 0 unspecified atom stereocenters. The van der Waals surface area contributed by atoms with Gasteiger partial charge in [0.15, 0.2) is 0 Å². The molecule has 2 heterocycles. The summed E-state index contributed by atoms with van der Waals surface area (Å²) in [5, 5.41) is 18.0. The van der Waals surface area contributed by atoms with Gasteiger partial charge < -0.3 is 4.90 Å². The highest BCUT2D eigenvalue weighted by Crippen LogP contribution is 2.35. The van der Waals surface area contributed by atoms with Gasteiger partial charge in [0.1, 0.15) is 17.5 Å². The number of aromatic nitrogens is 2. The van der Waals surface area contributed by atoms with E-state index < -0.39 is 0 Å². The van der Waals surface area contributed by atoms with Crippen molar-refractivity contribution in [3.05, 3.63) is 33.6 Å². The third kappa shape index (κ3) is 2.24. The molecule has 19 heavy (non-hydrogen) atoms. The minimum Gasteiger partial charge on any atom is -0.348 e. The van der Waals surface area contributed by atoms with Crippen LogP contribution in [0.15, 0.2) is 16.8 Å². The van der Waals surface area contributed by atoms with Crippen LogP contribution < -0.4 is 4.90 Å². The molecule has 0 radical (unpaired) electrons. The van der Waals surface area contributed by atoms with Gasteiger partial charge in [-0.2, -0.15) is 21.7 Å². The van der Waals surface area contributed by atoms with Crippen LogP contribution in [0.1, 0.15) is 29.7 Å². The molecule has 1 fully saturated rings. The van der Waals surface area contributed by atoms with Gasteiger partial charge in [-0.15, -0.1) is 0 Å². The van der Waals surface area contributed by atoms with Crippen molar-refractivity contribution in [2.45, 2.75) is 32.4 Å². The Balaban J connectivity index is 1.99. The fraction of sp³-hybridized carbons (Fsp3) is 0.429. The second-order valence-corrected chi connectivity index (χ2v) is 5.79. The van der Waals surface area contributed by atoms with Crippen LogP contribution in [0.4, 0.5) is 5.82 Å². The van der Waals surface area contributed by atoms with Crippen molar-refractivity contribution in [3.8, 4) is 6.07 Å². The lowest BCUT2D eigenvalue weighted by molar-refractivity contribution is 0.691. The topological polar surface area (TPSA) is 44.9 Å². The lowest BCUT2D eigenvalue weighted by Crippen LogP contribution is -2.27. The Morgan fingerprint density at radius 2 is 2.37 bits per heavy atom. The number of nitriles is 1. The standard InChI is InChI=1S/C14H16N4S/c1-10-13(7-15)14(17(2)16-10)18(12-3-4-12)8-11-5-6-19-9-11/h5-6,9,12H,3-4,8H2,1-2H3. The summed E-state index contributed by atoms with van der Waals surface area (Å²) in [4.78, 5) is 2.33. The van der Waals surface area contributed by atoms with Crippen LogP contribution in [0.25, 0.3) is 0 Å². The van der Waals surface area contributed by atoms with E-state index in [0.717, 1.165) is 18.1 Å². The van der Waals surface area contributed by atoms with Crippen LogP contribution in [-0.2, 0) is 13.6 Å². The molecule has 0 bridgehead atoms. The van der Waals surface area contributed by atoms with E-state index in [1.165, 1.54) is 18.4 Å². The average molecular weight is 272 g/mol. The summed E-state index contributed by atoms with van der Waals surface area (Å²) in [7, 11) is 1.92. The van der Waals surface area contributed by atoms with Gasteiger partial charge in [0.2, 0.25) is 0 Å². The SMILES string of the molecule is Cc1nn(C)c(N(Cc2ccsc2)C2CC2)c1C#N. The maximum absolute atomic E-state index is 9.36. The fourth-order valence-electron chi connectivity index (χ4n) is 2.45. The molecular weight excluding hydrogens is 256 g/mol. The Morgan fingerprint density at radius 3 is 2.95 bits per heavy atom. The number of hydrogen-bond donors (Lipinski definition) is 0. The zero-order valence-electron chi connectivity index (χ0n) is 11.1. The minimum atomic E-state index is 0.557. The van der Waals surface area contributed by atoms with Gasteiger partial charge in [0, 0.05) is 19.6 Å². The molecule has 0 aliphatic heterocycles. The van der Waals surface area contributed by atoms with Gasteiger partial charge >= 0.3 is 0 Å². The van der Waals surface area contributed by atoms with Gasteiger partial charge in [-0.25, -0.2) is 0 Å². The normalized spacial score (nSPS) is 14.4. The first-order valence-electron chi connectivity index (χ1n) is 6.42. The highest BCUT2D eigenvalue weighted by Gasteiger charge is 2.33. The van der Waals surface area contributed by atoms with Crippen LogP contribution in [0, 0.1) is 18.3 Å². The van der Waals surface area contributed by atoms with Crippen LogP contribution in [0.3, 0.4) is 0 Å². The predicted octanol–water partition coefficient (Wildman–Crippen LogP) is 2.83. The molecule has 0 N–H and O–H groups in total. The van der Waals surface area contributed by atoms with Crippen molar-refractivity contribution in [1.82, 2.24) is 9.78 Å². The highest BCUT2D eigenvalue weighted by molar-refractivity contribution is 7.07. The molecule has 2 aromatic rings. The zero-order valence-corrected chi connectivity index (χ0v) is 11.9. The number of thiophene rings is 1. The molecule has 0 saturated heterocycles. The Hall–Kier alpha value is -1.80. The third-order valence-corrected chi connectivity index (χ3v) is 4.23. The first-order valence-corrected chi connectivity index (χ1v) is 7.36. The minimum absolute atomic E-state index is 0.557. The Kier molecular flexibility index (Phi) is 3.03. The van der Waals surface area contributed by atoms with E-state index in [1.54, 1.807) is 11.3 Å². The molecule has 1 saturated carbocycles. The van der Waals surface area contributed by atoms with E-state index >= 15 is 0 Å². The molecular formula is C14H16N4S. The summed E-state index contributed by atoms with van der Waals surface area (Å²) in [6, 6.07) is 5.01. The lowest BCUT2D eigenvalue weighted by Gasteiger charge is -2.24. The highest BCUT2D eigenvalue weighted by atomic mass is 32.1. The van der Waals surface area contributed by atoms with E-state index in [2.05, 4.69) is 32.9 Å². The second-order valence-electron chi connectivity index (χ2n) is 5.01. The second kappa shape index (κ2) is 4.71. The zero-order chi connectivity index (χ0) is 13.4. The molecule has 0 spiro atoms. The summed E-state index contributed by atoms with van der Waals surface area (Å²) in [5.41, 5.74) is 2.83. The number of hydrogen-bond acceptors (Lipinski definition) is 4. The molecule has 1 aliphatic rings. The fourth-order valence-corrected chi connectivity index (χ4v) is 3.11. The summed E-state index contributed by atoms with van der Waals surface area (Å²) >= 11 is 1.71. The van der Waals surface area contributed by atoms with Crippen molar-refractivity contribution in [2.75, 3.05) is 4.90 Å². The van der Waals surface area contributed by atoms with Crippen molar-refractivity contribution >= 4 is 17.2 Å². The molecule has 4 nitrogen and oxygen atoms in total. The number of nitrogens with zero attached hydrogens (tertiary/aromatic N) is 4. The van der Waals surface area contributed by atoms with E-state index in [-0.39, 0.29) is 0 Å². The number of rotatable bonds is 4. The van der Waals surface area contributed by atoms with Gasteiger partial charge in [-0.3, -0.25) is 4.68 Å². The maximum atomic E-state index is 9.36. The van der Waals surface area contributed by atoms with Crippen molar-refractivity contribution in [1.29, 1.82) is 5.26 Å². The van der Waals surface area contributed by atoms with Gasteiger partial charge in [0.05, 0.1) is 5.69 Å². The number of aryl methyl sites for hydroxylation is 2. The molecule has 2 aromatic heterocycles. The Bertz CT molecular complexity index is 617. The summed E-state index contributed by atoms with van der Waals surface area (Å²) < 4.78 is 1.85. The largest absolute Gasteiger partial charge is 0.348 e. The van der Waals surface area contributed by atoms with E-state index in [0.29, 0.717) is 11.6 Å². The molecule has 0 amide bonds. The number of anilines is 1.